The predicted octanol–water partition coefficient (Wildman–Crippen LogP) is 7.25. The van der Waals surface area contributed by atoms with Gasteiger partial charge < -0.3 is 14.5 Å². The third kappa shape index (κ3) is 5.24. The number of hydrogen-bond acceptors (Lipinski definition) is 4. The van der Waals surface area contributed by atoms with Gasteiger partial charge in [0.1, 0.15) is 17.2 Å². The van der Waals surface area contributed by atoms with Crippen LogP contribution in [-0.4, -0.2) is 19.4 Å². The van der Waals surface area contributed by atoms with Gasteiger partial charge >= 0.3 is 0 Å². The topological polar surface area (TPSA) is 46.8 Å². The first-order chi connectivity index (χ1) is 17.7. The molecule has 0 amide bonds. The van der Waals surface area contributed by atoms with Crippen LogP contribution in [0.5, 0.6) is 5.75 Å². The van der Waals surface area contributed by atoms with Gasteiger partial charge in [0.25, 0.3) is 0 Å². The summed E-state index contributed by atoms with van der Waals surface area (Å²) < 4.78 is 11.5. The highest BCUT2D eigenvalue weighted by Gasteiger charge is 2.15. The Morgan fingerprint density at radius 1 is 0.806 bits per heavy atom. The minimum atomic E-state index is 0.742. The van der Waals surface area contributed by atoms with Crippen molar-refractivity contribution in [3.05, 3.63) is 131 Å². The second-order valence-electron chi connectivity index (χ2n) is 8.76. The first-order valence-electron chi connectivity index (χ1n) is 12.3. The van der Waals surface area contributed by atoms with Crippen LogP contribution in [0.2, 0.25) is 0 Å². The molecular formula is C32H30N2O2. The van der Waals surface area contributed by atoms with Crippen LogP contribution in [0, 0.1) is 6.92 Å². The molecule has 0 aliphatic rings. The van der Waals surface area contributed by atoms with Crippen molar-refractivity contribution < 1.29 is 9.15 Å². The van der Waals surface area contributed by atoms with Gasteiger partial charge in [0.15, 0.2) is 5.58 Å². The Morgan fingerprint density at radius 3 is 2.11 bits per heavy atom. The second-order valence-corrected chi connectivity index (χ2v) is 8.76. The van der Waals surface area contributed by atoms with Crippen LogP contribution < -0.4 is 10.1 Å². The average molecular weight is 475 g/mol. The van der Waals surface area contributed by atoms with Gasteiger partial charge in [-0.2, -0.15) is 0 Å². The molecule has 1 heterocycles. The molecule has 1 aromatic heterocycles. The largest absolute Gasteiger partial charge is 0.497 e. The van der Waals surface area contributed by atoms with Crippen LogP contribution in [0.3, 0.4) is 0 Å². The molecule has 1 N–H and O–H groups in total. The maximum atomic E-state index is 6.28. The zero-order chi connectivity index (χ0) is 24.7. The normalized spacial score (nSPS) is 10.9. The van der Waals surface area contributed by atoms with E-state index in [1.165, 1.54) is 11.1 Å². The first kappa shape index (κ1) is 23.6. The maximum absolute atomic E-state index is 6.28. The van der Waals surface area contributed by atoms with Gasteiger partial charge in [0, 0.05) is 28.6 Å². The quantitative estimate of drug-likeness (QED) is 0.181. The number of fused-ring (bicyclic) bond motifs is 1. The highest BCUT2D eigenvalue weighted by molar-refractivity contribution is 6.14. The van der Waals surface area contributed by atoms with Crippen molar-refractivity contribution >= 4 is 22.4 Å². The van der Waals surface area contributed by atoms with Gasteiger partial charge in [0.05, 0.1) is 12.8 Å². The molecule has 0 aliphatic heterocycles. The molecule has 0 aliphatic carbocycles. The third-order valence-corrected chi connectivity index (χ3v) is 6.38. The fourth-order valence-corrected chi connectivity index (χ4v) is 4.43. The Bertz CT molecular complexity index is 1410. The molecule has 0 spiro atoms. The number of para-hydroxylation sites is 1. The molecule has 5 aromatic rings. The van der Waals surface area contributed by atoms with Crippen molar-refractivity contribution in [3.8, 4) is 5.75 Å². The highest BCUT2D eigenvalue weighted by Crippen LogP contribution is 2.33. The van der Waals surface area contributed by atoms with E-state index in [1.807, 2.05) is 61.5 Å². The van der Waals surface area contributed by atoms with E-state index in [0.29, 0.717) is 0 Å². The summed E-state index contributed by atoms with van der Waals surface area (Å²) in [5, 5.41) is 4.69. The average Bonchev–Trinajstić information content (AvgIpc) is 3.26. The fraction of sp³-hybridized carbons (Fsp3) is 0.156. The van der Waals surface area contributed by atoms with Crippen LogP contribution in [0.15, 0.2) is 113 Å². The SMILES string of the molecule is COc1ccc(CCNCc2c(C)oc3c(N=C(c4ccccc4)c4ccccc4)cccc23)cc1. The molecule has 4 nitrogen and oxygen atoms in total. The zero-order valence-electron chi connectivity index (χ0n) is 20.7. The Labute approximate surface area is 212 Å². The lowest BCUT2D eigenvalue weighted by Gasteiger charge is -2.08. The summed E-state index contributed by atoms with van der Waals surface area (Å²) in [5.41, 5.74) is 7.20. The van der Waals surface area contributed by atoms with E-state index in [2.05, 4.69) is 53.8 Å². The summed E-state index contributed by atoms with van der Waals surface area (Å²) in [6, 6.07) is 35.0. The van der Waals surface area contributed by atoms with Crippen LogP contribution in [0.25, 0.3) is 11.0 Å². The highest BCUT2D eigenvalue weighted by atomic mass is 16.5. The minimum Gasteiger partial charge on any atom is -0.497 e. The molecule has 4 aromatic carbocycles. The molecule has 0 saturated carbocycles. The van der Waals surface area contributed by atoms with Gasteiger partial charge in [-0.15, -0.1) is 0 Å². The molecule has 0 unspecified atom stereocenters. The molecule has 0 fully saturated rings. The summed E-state index contributed by atoms with van der Waals surface area (Å²) in [4.78, 5) is 5.12. The standard InChI is InChI=1S/C32H30N2O2/c1-23-29(22-33-21-20-24-16-18-27(35-2)19-17-24)28-14-9-15-30(32(28)36-23)34-31(25-10-5-3-6-11-25)26-12-7-4-8-13-26/h3-19,33H,20-22H2,1-2H3. The van der Waals surface area contributed by atoms with Gasteiger partial charge in [-0.1, -0.05) is 84.9 Å². The molecule has 0 atom stereocenters. The molecule has 180 valence electrons. The van der Waals surface area contributed by atoms with Crippen molar-refractivity contribution in [2.45, 2.75) is 19.9 Å². The lowest BCUT2D eigenvalue weighted by molar-refractivity contribution is 0.414. The minimum absolute atomic E-state index is 0.742. The molecule has 36 heavy (non-hydrogen) atoms. The van der Waals surface area contributed by atoms with Gasteiger partial charge in [0.2, 0.25) is 0 Å². The summed E-state index contributed by atoms with van der Waals surface area (Å²) in [7, 11) is 1.69. The maximum Gasteiger partial charge on any atom is 0.160 e. The monoisotopic (exact) mass is 474 g/mol. The fourth-order valence-electron chi connectivity index (χ4n) is 4.43. The number of nitrogens with one attached hydrogen (secondary N) is 1. The summed E-state index contributed by atoms with van der Waals surface area (Å²) in [5.74, 6) is 1.80. The van der Waals surface area contributed by atoms with Crippen molar-refractivity contribution in [2.24, 2.45) is 4.99 Å². The molecule has 5 rings (SSSR count). The van der Waals surface area contributed by atoms with Crippen LogP contribution in [-0.2, 0) is 13.0 Å². The molecular weight excluding hydrogens is 444 g/mol. The van der Waals surface area contributed by atoms with Crippen LogP contribution in [0.1, 0.15) is 28.0 Å². The number of benzene rings is 4. The second kappa shape index (κ2) is 11.1. The summed E-state index contributed by atoms with van der Waals surface area (Å²) >= 11 is 0. The summed E-state index contributed by atoms with van der Waals surface area (Å²) in [6.45, 7) is 3.65. The Kier molecular flexibility index (Phi) is 7.25. The van der Waals surface area contributed by atoms with Crippen molar-refractivity contribution in [1.82, 2.24) is 5.32 Å². The van der Waals surface area contributed by atoms with E-state index < -0.39 is 0 Å². The van der Waals surface area contributed by atoms with E-state index in [9.17, 15) is 0 Å². The van der Waals surface area contributed by atoms with Crippen molar-refractivity contribution in [3.63, 3.8) is 0 Å². The summed E-state index contributed by atoms with van der Waals surface area (Å²) in [6.07, 6.45) is 0.950. The number of methoxy groups -OCH3 is 1. The molecule has 0 radical (unpaired) electrons. The number of aryl methyl sites for hydroxylation is 1. The number of rotatable bonds is 9. The van der Waals surface area contributed by atoms with Crippen LogP contribution >= 0.6 is 0 Å². The van der Waals surface area contributed by atoms with E-state index in [0.717, 1.165) is 64.5 Å². The zero-order valence-corrected chi connectivity index (χ0v) is 20.7. The first-order valence-corrected chi connectivity index (χ1v) is 12.3. The predicted molar refractivity (Wildman–Crippen MR) is 148 cm³/mol. The Balaban J connectivity index is 1.40. The van der Waals surface area contributed by atoms with Gasteiger partial charge in [-0.25, -0.2) is 4.99 Å². The van der Waals surface area contributed by atoms with E-state index in [1.54, 1.807) is 7.11 Å². The lowest BCUT2D eigenvalue weighted by Crippen LogP contribution is -2.16. The molecule has 4 heteroatoms. The number of nitrogens with zero attached hydrogens (tertiary/aromatic N) is 1. The molecule has 0 bridgehead atoms. The van der Waals surface area contributed by atoms with E-state index >= 15 is 0 Å². The third-order valence-electron chi connectivity index (χ3n) is 6.38. The Hall–Kier alpha value is -4.15. The number of furan rings is 1. The molecule has 0 saturated heterocycles. The smallest absolute Gasteiger partial charge is 0.160 e. The van der Waals surface area contributed by atoms with E-state index in [4.69, 9.17) is 14.1 Å². The van der Waals surface area contributed by atoms with Gasteiger partial charge in [-0.05, 0) is 43.7 Å². The van der Waals surface area contributed by atoms with Crippen molar-refractivity contribution in [2.75, 3.05) is 13.7 Å². The van der Waals surface area contributed by atoms with E-state index in [-0.39, 0.29) is 0 Å². The van der Waals surface area contributed by atoms with Gasteiger partial charge in [-0.3, -0.25) is 0 Å². The lowest BCUT2D eigenvalue weighted by atomic mass is 10.0. The van der Waals surface area contributed by atoms with Crippen LogP contribution in [0.4, 0.5) is 5.69 Å². The van der Waals surface area contributed by atoms with Crippen molar-refractivity contribution in [1.29, 1.82) is 0 Å². The number of ether oxygens (including phenoxy) is 1. The Morgan fingerprint density at radius 2 is 1.47 bits per heavy atom. The number of hydrogen-bond donors (Lipinski definition) is 1. The number of aliphatic imine (C=N–C) groups is 1.